The van der Waals surface area contributed by atoms with Crippen LogP contribution in [0.15, 0.2) is 0 Å². The molecular weight excluding hydrogens is 508 g/mol. The topological polar surface area (TPSA) is 198 Å². The summed E-state index contributed by atoms with van der Waals surface area (Å²) in [6, 6.07) is -1.16. The largest absolute Gasteiger partial charge is 0.466 e. The number of unbranched alkanes of at least 4 members (excludes halogenated alkanes) is 2. The van der Waals surface area contributed by atoms with Gasteiger partial charge in [0.25, 0.3) is 11.8 Å². The van der Waals surface area contributed by atoms with Gasteiger partial charge in [-0.2, -0.15) is 0 Å². The molecule has 0 bridgehead atoms. The van der Waals surface area contributed by atoms with Crippen LogP contribution in [0.2, 0.25) is 0 Å². The summed E-state index contributed by atoms with van der Waals surface area (Å²) in [6.45, 7) is 5.43. The minimum Gasteiger partial charge on any atom is -0.466 e. The average Bonchev–Trinajstić information content (AvgIpc) is 2.88. The van der Waals surface area contributed by atoms with Gasteiger partial charge in [0, 0.05) is 19.4 Å². The van der Waals surface area contributed by atoms with E-state index in [4.69, 9.17) is 9.47 Å². The Balaban J connectivity index is 4.22. The first-order valence-electron chi connectivity index (χ1n) is 12.0. The highest BCUT2D eigenvalue weighted by Crippen LogP contribution is 2.09. The predicted octanol–water partition coefficient (Wildman–Crippen LogP) is -0.458. The molecule has 0 aliphatic heterocycles. The number of hydrogen-bond acceptors (Lipinski definition) is 12. The first-order valence-corrected chi connectivity index (χ1v) is 12.0. The molecule has 0 radical (unpaired) electrons. The molecule has 0 saturated carbocycles. The van der Waals surface area contributed by atoms with E-state index in [1.807, 2.05) is 0 Å². The molecule has 0 fully saturated rings. The van der Waals surface area contributed by atoms with E-state index in [0.29, 0.717) is 19.3 Å². The van der Waals surface area contributed by atoms with Gasteiger partial charge in [-0.05, 0) is 33.6 Å². The monoisotopic (exact) mass is 544 g/mol. The van der Waals surface area contributed by atoms with Gasteiger partial charge in [-0.25, -0.2) is 14.4 Å². The van der Waals surface area contributed by atoms with Crippen molar-refractivity contribution >= 4 is 47.3 Å². The normalized spacial score (nSPS) is 13.5. The second-order valence-corrected chi connectivity index (χ2v) is 8.42. The summed E-state index contributed by atoms with van der Waals surface area (Å²) in [6.07, 6.45) is -1.64. The lowest BCUT2D eigenvalue weighted by atomic mass is 10.0. The van der Waals surface area contributed by atoms with E-state index in [9.17, 15) is 38.4 Å². The zero-order valence-electron chi connectivity index (χ0n) is 22.5. The van der Waals surface area contributed by atoms with Crippen molar-refractivity contribution in [3.63, 3.8) is 0 Å². The molecule has 0 aromatic carbocycles. The smallest absolute Gasteiger partial charge is 0.346 e. The molecule has 214 valence electrons. The molecule has 0 aliphatic rings. The molecule has 0 rings (SSSR count). The van der Waals surface area contributed by atoms with Gasteiger partial charge in [0.1, 0.15) is 6.04 Å². The zero-order chi connectivity index (χ0) is 29.4. The van der Waals surface area contributed by atoms with Crippen molar-refractivity contribution < 1.29 is 57.3 Å². The minimum atomic E-state index is -1.17. The van der Waals surface area contributed by atoms with Gasteiger partial charge in [-0.3, -0.25) is 24.0 Å². The third-order valence-electron chi connectivity index (χ3n) is 5.12. The van der Waals surface area contributed by atoms with E-state index in [1.54, 1.807) is 0 Å². The summed E-state index contributed by atoms with van der Waals surface area (Å²) < 4.78 is 18.6. The van der Waals surface area contributed by atoms with Gasteiger partial charge in [0.2, 0.25) is 11.6 Å². The Morgan fingerprint density at radius 2 is 1.16 bits per heavy atom. The Morgan fingerprint density at radius 1 is 0.632 bits per heavy atom. The van der Waals surface area contributed by atoms with E-state index >= 15 is 0 Å². The molecule has 0 spiro atoms. The van der Waals surface area contributed by atoms with Crippen LogP contribution in [0.4, 0.5) is 0 Å². The highest BCUT2D eigenvalue weighted by atomic mass is 16.6. The molecule has 0 aromatic heterocycles. The van der Waals surface area contributed by atoms with Crippen LogP contribution in [-0.4, -0.2) is 86.3 Å². The molecule has 14 nitrogen and oxygen atoms in total. The molecule has 14 heteroatoms. The summed E-state index contributed by atoms with van der Waals surface area (Å²) >= 11 is 0. The lowest BCUT2D eigenvalue weighted by Gasteiger charge is -2.16. The summed E-state index contributed by atoms with van der Waals surface area (Å²) in [5.74, 6) is -7.65. The molecule has 2 N–H and O–H groups in total. The molecule has 38 heavy (non-hydrogen) atoms. The first kappa shape index (κ1) is 34.2. The average molecular weight is 545 g/mol. The maximum absolute atomic E-state index is 12.0. The van der Waals surface area contributed by atoms with Crippen LogP contribution in [0.1, 0.15) is 59.8 Å². The predicted molar refractivity (Wildman–Crippen MR) is 128 cm³/mol. The maximum Gasteiger partial charge on any atom is 0.346 e. The zero-order valence-corrected chi connectivity index (χ0v) is 22.5. The first-order chi connectivity index (χ1) is 17.7. The molecule has 4 atom stereocenters. The van der Waals surface area contributed by atoms with E-state index < -0.39 is 77.8 Å². The molecule has 0 aromatic rings. The Labute approximate surface area is 220 Å². The Morgan fingerprint density at radius 3 is 1.68 bits per heavy atom. The van der Waals surface area contributed by atoms with Gasteiger partial charge >= 0.3 is 23.9 Å². The number of ketones is 2. The van der Waals surface area contributed by atoms with Gasteiger partial charge < -0.3 is 29.6 Å². The van der Waals surface area contributed by atoms with Crippen LogP contribution in [-0.2, 0) is 57.3 Å². The van der Waals surface area contributed by atoms with Crippen LogP contribution >= 0.6 is 0 Å². The van der Waals surface area contributed by atoms with E-state index in [1.165, 1.54) is 27.7 Å². The SMILES string of the molecule is COC(=O)C(C)OC(=O)C(C)CC(=O)C(=O)NCCCCCC(=O)C(=O)NC(C)C(=O)OC(C)C(=O)OC. The molecule has 4 unspecified atom stereocenters. The highest BCUT2D eigenvalue weighted by molar-refractivity contribution is 6.36. The van der Waals surface area contributed by atoms with Crippen LogP contribution in [0.5, 0.6) is 0 Å². The third kappa shape index (κ3) is 12.9. The Kier molecular flexibility index (Phi) is 15.8. The summed E-state index contributed by atoms with van der Waals surface area (Å²) in [7, 11) is 2.27. The second kappa shape index (κ2) is 17.6. The second-order valence-electron chi connectivity index (χ2n) is 8.42. The van der Waals surface area contributed by atoms with Crippen molar-refractivity contribution in [2.45, 2.75) is 78.0 Å². The highest BCUT2D eigenvalue weighted by Gasteiger charge is 2.27. The fourth-order valence-electron chi connectivity index (χ4n) is 2.79. The van der Waals surface area contributed by atoms with Crippen molar-refractivity contribution in [3.05, 3.63) is 0 Å². The Bertz CT molecular complexity index is 829. The molecular formula is C24H36N2O12. The van der Waals surface area contributed by atoms with Crippen LogP contribution < -0.4 is 10.6 Å². The van der Waals surface area contributed by atoms with Crippen molar-refractivity contribution in [3.8, 4) is 0 Å². The number of nitrogens with one attached hydrogen (secondary N) is 2. The van der Waals surface area contributed by atoms with Gasteiger partial charge in [-0.1, -0.05) is 13.3 Å². The number of esters is 4. The van der Waals surface area contributed by atoms with Gasteiger partial charge in [-0.15, -0.1) is 0 Å². The van der Waals surface area contributed by atoms with Gasteiger partial charge in [0.15, 0.2) is 12.2 Å². The van der Waals surface area contributed by atoms with E-state index in [0.717, 1.165) is 14.2 Å². The van der Waals surface area contributed by atoms with Crippen molar-refractivity contribution in [1.82, 2.24) is 10.6 Å². The molecule has 0 saturated heterocycles. The van der Waals surface area contributed by atoms with Crippen molar-refractivity contribution in [1.29, 1.82) is 0 Å². The number of rotatable bonds is 17. The summed E-state index contributed by atoms with van der Waals surface area (Å²) in [5.41, 5.74) is 0. The van der Waals surface area contributed by atoms with Crippen molar-refractivity contribution in [2.75, 3.05) is 20.8 Å². The number of Topliss-reactive ketones (excluding diaryl/α,β-unsaturated/α-hetero) is 2. The molecule has 0 heterocycles. The third-order valence-corrected chi connectivity index (χ3v) is 5.12. The van der Waals surface area contributed by atoms with Gasteiger partial charge in [0.05, 0.1) is 20.1 Å². The summed E-state index contributed by atoms with van der Waals surface area (Å²) in [5, 5.41) is 4.61. The van der Waals surface area contributed by atoms with Crippen molar-refractivity contribution in [2.24, 2.45) is 5.92 Å². The quantitative estimate of drug-likeness (QED) is 0.104. The summed E-state index contributed by atoms with van der Waals surface area (Å²) in [4.78, 5) is 94.2. The number of hydrogen-bond donors (Lipinski definition) is 2. The van der Waals surface area contributed by atoms with E-state index in [2.05, 4.69) is 20.1 Å². The lowest BCUT2D eigenvalue weighted by Crippen LogP contribution is -2.44. The fraction of sp³-hybridized carbons (Fsp3) is 0.667. The minimum absolute atomic E-state index is 0.108. The molecule has 2 amide bonds. The Hall–Kier alpha value is -3.84. The standard InChI is InChI=1S/C24H36N2O12/c1-13(21(31)37-15(3)23(33)35-5)12-18(28)19(29)25-11-9-7-8-10-17(27)20(30)26-14(2)22(32)38-16(4)24(34)36-6/h13-16H,7-12H2,1-6H3,(H,25,29)(H,26,30). The number of carbonyl (C=O) groups excluding carboxylic acids is 8. The van der Waals surface area contributed by atoms with Crippen LogP contribution in [0.25, 0.3) is 0 Å². The van der Waals surface area contributed by atoms with Crippen LogP contribution in [0.3, 0.4) is 0 Å². The molecule has 0 aliphatic carbocycles. The number of carbonyl (C=O) groups is 8. The maximum atomic E-state index is 12.0. The lowest BCUT2D eigenvalue weighted by molar-refractivity contribution is -0.167. The fourth-order valence-corrected chi connectivity index (χ4v) is 2.79. The number of methoxy groups -OCH3 is 2. The van der Waals surface area contributed by atoms with E-state index in [-0.39, 0.29) is 13.0 Å². The van der Waals surface area contributed by atoms with Crippen LogP contribution in [0, 0.1) is 5.92 Å². The number of amides is 2. The number of ether oxygens (including phenoxy) is 4.